The highest BCUT2D eigenvalue weighted by molar-refractivity contribution is 7.09. The first-order valence-electron chi connectivity index (χ1n) is 7.05. The molecule has 0 aliphatic carbocycles. The fraction of sp³-hybridized carbons (Fsp3) is 0.786. The maximum atomic E-state index is 5.43. The third-order valence-corrected chi connectivity index (χ3v) is 4.82. The van der Waals surface area contributed by atoms with Crippen molar-refractivity contribution >= 4 is 11.3 Å². The molecule has 19 heavy (non-hydrogen) atoms. The van der Waals surface area contributed by atoms with Crippen LogP contribution in [0.15, 0.2) is 5.38 Å². The number of thiazole rings is 1. The van der Waals surface area contributed by atoms with Crippen molar-refractivity contribution in [3.05, 3.63) is 16.1 Å². The molecule has 0 spiro atoms. The molecule has 0 atom stereocenters. The van der Waals surface area contributed by atoms with Crippen LogP contribution < -0.4 is 10.6 Å². The Morgan fingerprint density at radius 2 is 2.26 bits per heavy atom. The molecule has 0 bridgehead atoms. The highest BCUT2D eigenvalue weighted by Crippen LogP contribution is 2.28. The van der Waals surface area contributed by atoms with Crippen LogP contribution in [0.4, 0.5) is 0 Å². The highest BCUT2D eigenvalue weighted by atomic mass is 32.1. The predicted octanol–water partition coefficient (Wildman–Crippen LogP) is 1.60. The van der Waals surface area contributed by atoms with E-state index in [1.165, 1.54) is 17.8 Å². The third kappa shape index (κ3) is 4.53. The van der Waals surface area contributed by atoms with Crippen molar-refractivity contribution < 1.29 is 4.74 Å². The quantitative estimate of drug-likeness (QED) is 0.746. The molecular weight excluding hydrogens is 258 g/mol. The topological polar surface area (TPSA) is 46.2 Å². The second kappa shape index (κ2) is 7.33. The second-order valence-corrected chi connectivity index (χ2v) is 6.44. The first-order chi connectivity index (χ1) is 9.24. The van der Waals surface area contributed by atoms with Crippen molar-refractivity contribution in [2.45, 2.75) is 26.2 Å². The summed E-state index contributed by atoms with van der Waals surface area (Å²) in [5, 5.41) is 10.4. The standard InChI is InChI=1S/C14H25N3OS/c1-12-9-19-13(17-12)3-6-16-10-14(11-18-2)4-7-15-8-5-14/h9,15-16H,3-8,10-11H2,1-2H3. The minimum atomic E-state index is 0.318. The van der Waals surface area contributed by atoms with Crippen LogP contribution in [0, 0.1) is 12.3 Å². The summed E-state index contributed by atoms with van der Waals surface area (Å²) in [6.07, 6.45) is 3.42. The molecule has 1 fully saturated rings. The normalized spacial score (nSPS) is 18.6. The fourth-order valence-corrected chi connectivity index (χ4v) is 3.48. The highest BCUT2D eigenvalue weighted by Gasteiger charge is 2.31. The van der Waals surface area contributed by atoms with E-state index in [0.717, 1.165) is 44.9 Å². The van der Waals surface area contributed by atoms with E-state index in [9.17, 15) is 0 Å². The molecule has 0 radical (unpaired) electrons. The number of aryl methyl sites for hydroxylation is 1. The minimum absolute atomic E-state index is 0.318. The lowest BCUT2D eigenvalue weighted by atomic mass is 9.79. The molecule has 108 valence electrons. The van der Waals surface area contributed by atoms with Crippen molar-refractivity contribution in [3.8, 4) is 0 Å². The number of nitrogens with one attached hydrogen (secondary N) is 2. The number of methoxy groups -OCH3 is 1. The molecule has 1 aromatic heterocycles. The Balaban J connectivity index is 1.73. The van der Waals surface area contributed by atoms with Crippen LogP contribution >= 0.6 is 11.3 Å². The number of ether oxygens (including phenoxy) is 1. The lowest BCUT2D eigenvalue weighted by molar-refractivity contribution is 0.0539. The van der Waals surface area contributed by atoms with Crippen LogP contribution in [0.2, 0.25) is 0 Å². The number of aromatic nitrogens is 1. The van der Waals surface area contributed by atoms with Crippen LogP contribution in [-0.2, 0) is 11.2 Å². The number of rotatable bonds is 7. The molecule has 0 aromatic carbocycles. The summed E-state index contributed by atoms with van der Waals surface area (Å²) in [5.41, 5.74) is 1.45. The van der Waals surface area contributed by atoms with Gasteiger partial charge in [-0.1, -0.05) is 0 Å². The molecular formula is C14H25N3OS. The molecule has 2 N–H and O–H groups in total. The van der Waals surface area contributed by atoms with Gasteiger partial charge in [-0.2, -0.15) is 0 Å². The second-order valence-electron chi connectivity index (χ2n) is 5.49. The molecule has 2 rings (SSSR count). The molecule has 1 aromatic rings. The predicted molar refractivity (Wildman–Crippen MR) is 79.8 cm³/mol. The van der Waals surface area contributed by atoms with Gasteiger partial charge in [0.05, 0.1) is 11.6 Å². The Hall–Kier alpha value is -0.490. The van der Waals surface area contributed by atoms with Crippen molar-refractivity contribution in [2.24, 2.45) is 5.41 Å². The summed E-state index contributed by atoms with van der Waals surface area (Å²) < 4.78 is 5.43. The zero-order valence-corrected chi connectivity index (χ0v) is 12.8. The van der Waals surface area contributed by atoms with Crippen LogP contribution in [0.1, 0.15) is 23.5 Å². The Morgan fingerprint density at radius 3 is 2.89 bits per heavy atom. The van der Waals surface area contributed by atoms with Gasteiger partial charge in [-0.05, 0) is 32.9 Å². The first kappa shape index (κ1) is 14.9. The smallest absolute Gasteiger partial charge is 0.0940 e. The van der Waals surface area contributed by atoms with Crippen LogP contribution in [0.5, 0.6) is 0 Å². The molecule has 0 amide bonds. The number of piperidine rings is 1. The largest absolute Gasteiger partial charge is 0.384 e. The van der Waals surface area contributed by atoms with E-state index in [-0.39, 0.29) is 0 Å². The average molecular weight is 283 g/mol. The maximum Gasteiger partial charge on any atom is 0.0940 e. The molecule has 2 heterocycles. The van der Waals surface area contributed by atoms with E-state index in [2.05, 4.69) is 27.9 Å². The summed E-state index contributed by atoms with van der Waals surface area (Å²) in [7, 11) is 1.81. The molecule has 0 unspecified atom stereocenters. The zero-order valence-electron chi connectivity index (χ0n) is 12.0. The van der Waals surface area contributed by atoms with Gasteiger partial charge in [-0.25, -0.2) is 4.98 Å². The number of hydrogen-bond acceptors (Lipinski definition) is 5. The van der Waals surface area contributed by atoms with Gasteiger partial charge >= 0.3 is 0 Å². The van der Waals surface area contributed by atoms with Gasteiger partial charge in [-0.3, -0.25) is 0 Å². The van der Waals surface area contributed by atoms with E-state index in [0.29, 0.717) is 5.41 Å². The fourth-order valence-electron chi connectivity index (χ4n) is 2.70. The summed E-state index contributed by atoms with van der Waals surface area (Å²) in [5.74, 6) is 0. The minimum Gasteiger partial charge on any atom is -0.384 e. The Morgan fingerprint density at radius 1 is 1.47 bits per heavy atom. The SMILES string of the molecule is COCC1(CNCCc2nc(C)cs2)CCNCC1. The van der Waals surface area contributed by atoms with E-state index in [4.69, 9.17) is 4.74 Å². The van der Waals surface area contributed by atoms with Crippen LogP contribution in [-0.4, -0.2) is 44.9 Å². The van der Waals surface area contributed by atoms with Gasteiger partial charge in [-0.15, -0.1) is 11.3 Å². The number of hydrogen-bond donors (Lipinski definition) is 2. The van der Waals surface area contributed by atoms with Gasteiger partial charge in [0.25, 0.3) is 0 Å². The summed E-state index contributed by atoms with van der Waals surface area (Å²) in [4.78, 5) is 4.49. The molecule has 1 aliphatic rings. The first-order valence-corrected chi connectivity index (χ1v) is 7.93. The summed E-state index contributed by atoms with van der Waals surface area (Å²) in [6, 6.07) is 0. The van der Waals surface area contributed by atoms with Gasteiger partial charge in [0.2, 0.25) is 0 Å². The zero-order chi connectivity index (χ0) is 13.6. The van der Waals surface area contributed by atoms with Crippen molar-refractivity contribution in [3.63, 3.8) is 0 Å². The monoisotopic (exact) mass is 283 g/mol. The van der Waals surface area contributed by atoms with Gasteiger partial charge < -0.3 is 15.4 Å². The molecule has 1 saturated heterocycles. The van der Waals surface area contributed by atoms with E-state index in [1.807, 2.05) is 7.11 Å². The van der Waals surface area contributed by atoms with E-state index >= 15 is 0 Å². The Labute approximate surface area is 120 Å². The van der Waals surface area contributed by atoms with Gasteiger partial charge in [0.15, 0.2) is 0 Å². The van der Waals surface area contributed by atoms with Crippen LogP contribution in [0.3, 0.4) is 0 Å². The average Bonchev–Trinajstić information content (AvgIpc) is 2.82. The molecule has 1 aliphatic heterocycles. The van der Waals surface area contributed by atoms with Crippen molar-refractivity contribution in [2.75, 3.05) is 39.9 Å². The van der Waals surface area contributed by atoms with E-state index in [1.54, 1.807) is 11.3 Å². The Kier molecular flexibility index (Phi) is 5.76. The molecule has 4 nitrogen and oxygen atoms in total. The van der Waals surface area contributed by atoms with Gasteiger partial charge in [0, 0.05) is 43.1 Å². The van der Waals surface area contributed by atoms with Gasteiger partial charge in [0.1, 0.15) is 0 Å². The van der Waals surface area contributed by atoms with Crippen LogP contribution in [0.25, 0.3) is 0 Å². The third-order valence-electron chi connectivity index (χ3n) is 3.80. The van der Waals surface area contributed by atoms with E-state index < -0.39 is 0 Å². The lowest BCUT2D eigenvalue weighted by Gasteiger charge is -2.37. The lowest BCUT2D eigenvalue weighted by Crippen LogP contribution is -2.46. The Bertz CT molecular complexity index is 369. The van der Waals surface area contributed by atoms with Crippen molar-refractivity contribution in [1.82, 2.24) is 15.6 Å². The maximum absolute atomic E-state index is 5.43. The number of nitrogens with zero attached hydrogens (tertiary/aromatic N) is 1. The van der Waals surface area contributed by atoms with Crippen molar-refractivity contribution in [1.29, 1.82) is 0 Å². The summed E-state index contributed by atoms with van der Waals surface area (Å²) in [6.45, 7) is 7.18. The molecule has 0 saturated carbocycles. The summed E-state index contributed by atoms with van der Waals surface area (Å²) >= 11 is 1.76. The molecule has 5 heteroatoms.